The number of likely N-dealkylation sites (tertiary alicyclic amines) is 1. The Bertz CT molecular complexity index is 728. The van der Waals surface area contributed by atoms with Crippen LogP contribution in [0.2, 0.25) is 0 Å². The average Bonchev–Trinajstić information content (AvgIpc) is 3.28. The van der Waals surface area contributed by atoms with E-state index in [4.69, 9.17) is 0 Å². The predicted molar refractivity (Wildman–Crippen MR) is 118 cm³/mol. The van der Waals surface area contributed by atoms with E-state index in [0.29, 0.717) is 23.7 Å². The minimum absolute atomic E-state index is 0.107. The van der Waals surface area contributed by atoms with Crippen molar-refractivity contribution in [2.24, 2.45) is 5.92 Å². The highest BCUT2D eigenvalue weighted by Gasteiger charge is 2.30. The second kappa shape index (κ2) is 10.9. The lowest BCUT2D eigenvalue weighted by atomic mass is 9.94. The second-order valence-corrected chi connectivity index (χ2v) is 11.4. The van der Waals surface area contributed by atoms with Crippen LogP contribution in [0.25, 0.3) is 0 Å². The minimum Gasteiger partial charge on any atom is -0.356 e. The van der Waals surface area contributed by atoms with Gasteiger partial charge in [-0.3, -0.25) is 4.79 Å². The third kappa shape index (κ3) is 6.26. The summed E-state index contributed by atoms with van der Waals surface area (Å²) in [5.74, 6) is 0.381. The molecular weight excluding hydrogens is 406 g/mol. The number of thiophene rings is 1. The van der Waals surface area contributed by atoms with Crippen LogP contribution in [0.4, 0.5) is 0 Å². The molecule has 0 bridgehead atoms. The van der Waals surface area contributed by atoms with Crippen LogP contribution in [0.5, 0.6) is 0 Å². The van der Waals surface area contributed by atoms with Crippen molar-refractivity contribution in [3.63, 3.8) is 0 Å². The first kappa shape index (κ1) is 22.7. The van der Waals surface area contributed by atoms with E-state index >= 15 is 0 Å². The average molecular weight is 442 g/mol. The van der Waals surface area contributed by atoms with Crippen molar-refractivity contribution in [2.45, 2.75) is 68.5 Å². The van der Waals surface area contributed by atoms with E-state index in [1.165, 1.54) is 43.6 Å². The molecule has 1 N–H and O–H groups in total. The fraction of sp³-hybridized carbons (Fsp3) is 0.762. The molecule has 2 aliphatic rings. The zero-order valence-corrected chi connectivity index (χ0v) is 19.1. The van der Waals surface area contributed by atoms with Gasteiger partial charge in [0.05, 0.1) is 0 Å². The fourth-order valence-electron chi connectivity index (χ4n) is 4.55. The van der Waals surface area contributed by atoms with Gasteiger partial charge >= 0.3 is 0 Å². The molecule has 0 aromatic carbocycles. The number of piperidine rings is 2. The highest BCUT2D eigenvalue weighted by Crippen LogP contribution is 2.27. The highest BCUT2D eigenvalue weighted by atomic mass is 32.2. The third-order valence-electron chi connectivity index (χ3n) is 6.30. The van der Waals surface area contributed by atoms with Crippen LogP contribution in [0.1, 0.15) is 58.3 Å². The first-order chi connectivity index (χ1) is 14.0. The van der Waals surface area contributed by atoms with Crippen LogP contribution in [0.15, 0.2) is 21.7 Å². The van der Waals surface area contributed by atoms with Gasteiger partial charge in [-0.2, -0.15) is 4.31 Å². The molecular formula is C21H35N3O3S2. The van der Waals surface area contributed by atoms with E-state index in [0.717, 1.165) is 38.4 Å². The van der Waals surface area contributed by atoms with E-state index in [9.17, 15) is 13.2 Å². The van der Waals surface area contributed by atoms with Gasteiger partial charge < -0.3 is 10.2 Å². The molecule has 2 saturated heterocycles. The molecule has 29 heavy (non-hydrogen) atoms. The summed E-state index contributed by atoms with van der Waals surface area (Å²) in [5, 5.41) is 4.86. The Labute approximate surface area is 179 Å². The smallest absolute Gasteiger partial charge is 0.252 e. The zero-order chi connectivity index (χ0) is 20.7. The Morgan fingerprint density at radius 1 is 1.21 bits per heavy atom. The Morgan fingerprint density at radius 3 is 2.69 bits per heavy atom. The van der Waals surface area contributed by atoms with Crippen molar-refractivity contribution in [3.8, 4) is 0 Å². The number of rotatable bonds is 9. The Balaban J connectivity index is 1.33. The Hall–Kier alpha value is -0.960. The van der Waals surface area contributed by atoms with Gasteiger partial charge in [0.25, 0.3) is 10.0 Å². The second-order valence-electron chi connectivity index (χ2n) is 8.28. The summed E-state index contributed by atoms with van der Waals surface area (Å²) in [5.41, 5.74) is 0. The maximum atomic E-state index is 12.6. The summed E-state index contributed by atoms with van der Waals surface area (Å²) in [6.07, 6.45) is 8.18. The number of hydrogen-bond acceptors (Lipinski definition) is 5. The molecule has 1 amide bonds. The first-order valence-corrected chi connectivity index (χ1v) is 13.4. The summed E-state index contributed by atoms with van der Waals surface area (Å²) in [4.78, 5) is 14.9. The van der Waals surface area contributed by atoms with Gasteiger partial charge in [-0.1, -0.05) is 19.4 Å². The standard InChI is InChI=1S/C21H35N3O3S2/c1-2-19-7-3-4-12-23(19)13-6-11-22-20(25)17-18-9-14-24(15-10-18)29(26,27)21-8-5-16-28-21/h5,8,16,18-19H,2-4,6-7,9-15,17H2,1H3,(H,22,25)/t19-/m1/s1. The summed E-state index contributed by atoms with van der Waals surface area (Å²) in [7, 11) is -3.36. The van der Waals surface area contributed by atoms with Crippen molar-refractivity contribution in [1.29, 1.82) is 0 Å². The number of amides is 1. The topological polar surface area (TPSA) is 69.7 Å². The number of hydrogen-bond donors (Lipinski definition) is 1. The molecule has 6 nitrogen and oxygen atoms in total. The van der Waals surface area contributed by atoms with Gasteiger partial charge in [0.2, 0.25) is 5.91 Å². The Morgan fingerprint density at radius 2 is 2.00 bits per heavy atom. The lowest BCUT2D eigenvalue weighted by molar-refractivity contribution is -0.122. The molecule has 0 saturated carbocycles. The van der Waals surface area contributed by atoms with Crippen molar-refractivity contribution in [3.05, 3.63) is 17.5 Å². The van der Waals surface area contributed by atoms with Crippen LogP contribution in [0.3, 0.4) is 0 Å². The lowest BCUT2D eigenvalue weighted by Crippen LogP contribution is -2.41. The summed E-state index contributed by atoms with van der Waals surface area (Å²) in [6, 6.07) is 4.14. The molecule has 3 rings (SSSR count). The van der Waals surface area contributed by atoms with Gasteiger partial charge in [-0.05, 0) is 62.4 Å². The maximum Gasteiger partial charge on any atom is 0.252 e. The van der Waals surface area contributed by atoms with Crippen LogP contribution >= 0.6 is 11.3 Å². The van der Waals surface area contributed by atoms with Crippen molar-refractivity contribution >= 4 is 27.3 Å². The summed E-state index contributed by atoms with van der Waals surface area (Å²) < 4.78 is 27.1. The van der Waals surface area contributed by atoms with Crippen LogP contribution in [0, 0.1) is 5.92 Å². The maximum absolute atomic E-state index is 12.6. The molecule has 3 heterocycles. The molecule has 2 fully saturated rings. The van der Waals surface area contributed by atoms with E-state index < -0.39 is 10.0 Å². The van der Waals surface area contributed by atoms with Crippen molar-refractivity contribution < 1.29 is 13.2 Å². The lowest BCUT2D eigenvalue weighted by Gasteiger charge is -2.35. The molecule has 164 valence electrons. The van der Waals surface area contributed by atoms with Crippen LogP contribution in [-0.2, 0) is 14.8 Å². The molecule has 0 aliphatic carbocycles. The fourth-order valence-corrected chi connectivity index (χ4v) is 7.17. The van der Waals surface area contributed by atoms with Gasteiger partial charge in [0.1, 0.15) is 4.21 Å². The minimum atomic E-state index is -3.36. The Kier molecular flexibility index (Phi) is 8.53. The molecule has 0 radical (unpaired) electrons. The van der Waals surface area contributed by atoms with E-state index in [2.05, 4.69) is 17.1 Å². The van der Waals surface area contributed by atoms with Crippen LogP contribution in [-0.4, -0.2) is 62.3 Å². The normalized spacial score (nSPS) is 22.6. The quantitative estimate of drug-likeness (QED) is 0.597. The third-order valence-corrected chi connectivity index (χ3v) is 9.57. The summed E-state index contributed by atoms with van der Waals surface area (Å²) in [6.45, 7) is 6.27. The molecule has 1 atom stereocenters. The molecule has 1 aromatic rings. The van der Waals surface area contributed by atoms with E-state index in [1.54, 1.807) is 21.8 Å². The van der Waals surface area contributed by atoms with Crippen LogP contribution < -0.4 is 5.32 Å². The number of carbonyl (C=O) groups is 1. The number of carbonyl (C=O) groups excluding carboxylic acids is 1. The van der Waals surface area contributed by atoms with E-state index in [-0.39, 0.29) is 11.8 Å². The van der Waals surface area contributed by atoms with Gasteiger partial charge in [-0.15, -0.1) is 11.3 Å². The zero-order valence-electron chi connectivity index (χ0n) is 17.5. The molecule has 0 spiro atoms. The monoisotopic (exact) mass is 441 g/mol. The van der Waals surface area contributed by atoms with Gasteiger partial charge in [0.15, 0.2) is 0 Å². The SMILES string of the molecule is CC[C@@H]1CCCCN1CCCNC(=O)CC1CCN(S(=O)(=O)c2cccs2)CC1. The molecule has 2 aliphatic heterocycles. The number of nitrogens with one attached hydrogen (secondary N) is 1. The van der Waals surface area contributed by atoms with Crippen molar-refractivity contribution in [1.82, 2.24) is 14.5 Å². The van der Waals surface area contributed by atoms with Crippen molar-refractivity contribution in [2.75, 3.05) is 32.7 Å². The number of sulfonamides is 1. The summed E-state index contributed by atoms with van der Waals surface area (Å²) >= 11 is 1.26. The van der Waals surface area contributed by atoms with Gasteiger partial charge in [0, 0.05) is 38.6 Å². The molecule has 8 heteroatoms. The largest absolute Gasteiger partial charge is 0.356 e. The molecule has 0 unspecified atom stereocenters. The van der Waals surface area contributed by atoms with Gasteiger partial charge in [-0.25, -0.2) is 8.42 Å². The van der Waals surface area contributed by atoms with E-state index in [1.807, 2.05) is 0 Å². The number of nitrogens with zero attached hydrogens (tertiary/aromatic N) is 2. The first-order valence-electron chi connectivity index (χ1n) is 11.0. The predicted octanol–water partition coefficient (Wildman–Crippen LogP) is 3.31. The molecule has 1 aromatic heterocycles. The highest BCUT2D eigenvalue weighted by molar-refractivity contribution is 7.91.